The summed E-state index contributed by atoms with van der Waals surface area (Å²) in [6.45, 7) is 0.650. The molecule has 0 radical (unpaired) electrons. The van der Waals surface area contributed by atoms with Gasteiger partial charge < -0.3 is 20.4 Å². The van der Waals surface area contributed by atoms with Gasteiger partial charge in [0.25, 0.3) is 0 Å². The fourth-order valence-electron chi connectivity index (χ4n) is 0.808. The number of aliphatic hydroxyl groups excluding tert-OH is 3. The molecular formula is C6H15NO4. The molecule has 0 aliphatic heterocycles. The Morgan fingerprint density at radius 1 is 1.00 bits per heavy atom. The molecule has 0 aliphatic rings. The average molecular weight is 165 g/mol. The van der Waals surface area contributed by atoms with Crippen molar-refractivity contribution >= 4 is 0 Å². The van der Waals surface area contributed by atoms with E-state index in [1.54, 1.807) is 4.90 Å². The van der Waals surface area contributed by atoms with E-state index in [0.29, 0.717) is 13.1 Å². The molecule has 0 aromatic rings. The lowest BCUT2D eigenvalue weighted by molar-refractivity contribution is -0.0642. The van der Waals surface area contributed by atoms with Crippen LogP contribution in [-0.4, -0.2) is 64.5 Å². The van der Waals surface area contributed by atoms with E-state index in [2.05, 4.69) is 0 Å². The van der Waals surface area contributed by atoms with Gasteiger partial charge in [0.05, 0.1) is 13.2 Å². The zero-order valence-corrected chi connectivity index (χ0v) is 6.35. The summed E-state index contributed by atoms with van der Waals surface area (Å²) in [5, 5.41) is 34.0. The highest BCUT2D eigenvalue weighted by molar-refractivity contribution is 4.56. The molecule has 5 nitrogen and oxygen atoms in total. The zero-order chi connectivity index (χ0) is 8.69. The lowest BCUT2D eigenvalue weighted by Gasteiger charge is -2.20. The van der Waals surface area contributed by atoms with Crippen molar-refractivity contribution < 1.29 is 20.4 Å². The summed E-state index contributed by atoms with van der Waals surface area (Å²) in [4.78, 5) is 1.56. The Hall–Kier alpha value is -0.200. The maximum atomic E-state index is 8.53. The molecule has 0 fully saturated rings. The summed E-state index contributed by atoms with van der Waals surface area (Å²) in [7, 11) is 0. The molecule has 0 rings (SSSR count). The van der Waals surface area contributed by atoms with Crippen molar-refractivity contribution in [2.45, 2.75) is 6.29 Å². The minimum Gasteiger partial charge on any atom is -0.395 e. The number of hydrogen-bond donors (Lipinski definition) is 4. The maximum absolute atomic E-state index is 8.53. The molecular weight excluding hydrogens is 150 g/mol. The van der Waals surface area contributed by atoms with E-state index in [0.717, 1.165) is 0 Å². The van der Waals surface area contributed by atoms with Crippen LogP contribution in [-0.2, 0) is 0 Å². The highest BCUT2D eigenvalue weighted by atomic mass is 16.5. The summed E-state index contributed by atoms with van der Waals surface area (Å²) >= 11 is 0. The first-order valence-corrected chi connectivity index (χ1v) is 3.51. The lowest BCUT2D eigenvalue weighted by Crippen LogP contribution is -2.36. The van der Waals surface area contributed by atoms with Gasteiger partial charge in [-0.2, -0.15) is 0 Å². The lowest BCUT2D eigenvalue weighted by atomic mass is 10.4. The van der Waals surface area contributed by atoms with Crippen molar-refractivity contribution in [1.82, 2.24) is 4.90 Å². The summed E-state index contributed by atoms with van der Waals surface area (Å²) < 4.78 is 0. The Morgan fingerprint density at radius 2 is 1.45 bits per heavy atom. The smallest absolute Gasteiger partial charge is 0.164 e. The van der Waals surface area contributed by atoms with E-state index in [1.165, 1.54) is 0 Å². The summed E-state index contributed by atoms with van der Waals surface area (Å²) in [6.07, 6.45) is -1.41. The van der Waals surface area contributed by atoms with Crippen molar-refractivity contribution in [2.75, 3.05) is 32.8 Å². The molecule has 0 spiro atoms. The third-order valence-corrected chi connectivity index (χ3v) is 1.25. The van der Waals surface area contributed by atoms with Gasteiger partial charge in [-0.1, -0.05) is 0 Å². The van der Waals surface area contributed by atoms with Gasteiger partial charge in [0.15, 0.2) is 6.29 Å². The van der Waals surface area contributed by atoms with Crippen LogP contribution in [0.5, 0.6) is 0 Å². The summed E-state index contributed by atoms with van der Waals surface area (Å²) in [6, 6.07) is 0. The van der Waals surface area contributed by atoms with Crippen LogP contribution in [0.2, 0.25) is 0 Å². The average Bonchev–Trinajstić information content (AvgIpc) is 1.87. The quantitative estimate of drug-likeness (QED) is 0.329. The normalized spacial score (nSPS) is 11.5. The number of aliphatic hydroxyl groups is 4. The fraction of sp³-hybridized carbons (Fsp3) is 1.00. The van der Waals surface area contributed by atoms with E-state index in [-0.39, 0.29) is 19.8 Å². The van der Waals surface area contributed by atoms with Crippen LogP contribution in [0.1, 0.15) is 0 Å². The minimum absolute atomic E-state index is 0.0489. The van der Waals surface area contributed by atoms with E-state index >= 15 is 0 Å². The Bertz CT molecular complexity index is 82.7. The molecule has 0 aliphatic carbocycles. The standard InChI is InChI=1S/C6H15NO4/c8-3-1-7(2-4-9)5-6(10)11/h6,8-11H,1-5H2. The predicted molar refractivity (Wildman–Crippen MR) is 38.8 cm³/mol. The minimum atomic E-state index is -1.41. The first-order chi connectivity index (χ1) is 5.20. The number of hydrogen-bond acceptors (Lipinski definition) is 5. The second-order valence-corrected chi connectivity index (χ2v) is 2.23. The van der Waals surface area contributed by atoms with Crippen molar-refractivity contribution in [3.63, 3.8) is 0 Å². The van der Waals surface area contributed by atoms with Crippen LogP contribution in [0.3, 0.4) is 0 Å². The van der Waals surface area contributed by atoms with E-state index in [9.17, 15) is 0 Å². The van der Waals surface area contributed by atoms with Gasteiger partial charge in [0, 0.05) is 19.6 Å². The van der Waals surface area contributed by atoms with Gasteiger partial charge in [0.1, 0.15) is 0 Å². The van der Waals surface area contributed by atoms with Crippen LogP contribution < -0.4 is 0 Å². The molecule has 4 N–H and O–H groups in total. The molecule has 0 aromatic carbocycles. The first-order valence-electron chi connectivity index (χ1n) is 3.51. The Labute approximate surface area is 65.5 Å². The van der Waals surface area contributed by atoms with E-state index in [4.69, 9.17) is 20.4 Å². The van der Waals surface area contributed by atoms with Crippen molar-refractivity contribution in [2.24, 2.45) is 0 Å². The molecule has 0 aromatic heterocycles. The third kappa shape index (κ3) is 6.21. The largest absolute Gasteiger partial charge is 0.395 e. The molecule has 11 heavy (non-hydrogen) atoms. The van der Waals surface area contributed by atoms with Gasteiger partial charge >= 0.3 is 0 Å². The van der Waals surface area contributed by atoms with Crippen LogP contribution in [0, 0.1) is 0 Å². The summed E-state index contributed by atoms with van der Waals surface area (Å²) in [5.74, 6) is 0. The van der Waals surface area contributed by atoms with Gasteiger partial charge in [-0.3, -0.25) is 4.90 Å². The van der Waals surface area contributed by atoms with Gasteiger partial charge in [-0.25, -0.2) is 0 Å². The predicted octanol–water partition coefficient (Wildman–Crippen LogP) is -2.42. The number of rotatable bonds is 6. The van der Waals surface area contributed by atoms with Gasteiger partial charge in [-0.15, -0.1) is 0 Å². The zero-order valence-electron chi connectivity index (χ0n) is 6.35. The molecule has 0 saturated heterocycles. The van der Waals surface area contributed by atoms with E-state index in [1.807, 2.05) is 0 Å². The molecule has 0 bridgehead atoms. The highest BCUT2D eigenvalue weighted by Gasteiger charge is 2.06. The Balaban J connectivity index is 3.50. The molecule has 0 saturated carbocycles. The van der Waals surface area contributed by atoms with Crippen molar-refractivity contribution in [1.29, 1.82) is 0 Å². The molecule has 68 valence electrons. The Morgan fingerprint density at radius 3 is 1.73 bits per heavy atom. The molecule has 0 atom stereocenters. The molecule has 0 amide bonds. The number of nitrogens with zero attached hydrogens (tertiary/aromatic N) is 1. The first kappa shape index (κ1) is 10.8. The summed E-state index contributed by atoms with van der Waals surface area (Å²) in [5.41, 5.74) is 0. The maximum Gasteiger partial charge on any atom is 0.164 e. The SMILES string of the molecule is OCCN(CCO)CC(O)O. The Kier molecular flexibility index (Phi) is 6.39. The second kappa shape index (κ2) is 6.51. The van der Waals surface area contributed by atoms with Crippen LogP contribution >= 0.6 is 0 Å². The van der Waals surface area contributed by atoms with Gasteiger partial charge in [0.2, 0.25) is 0 Å². The highest BCUT2D eigenvalue weighted by Crippen LogP contribution is 1.88. The molecule has 0 unspecified atom stereocenters. The molecule has 5 heteroatoms. The van der Waals surface area contributed by atoms with Crippen molar-refractivity contribution in [3.8, 4) is 0 Å². The van der Waals surface area contributed by atoms with Gasteiger partial charge in [-0.05, 0) is 0 Å². The molecule has 0 heterocycles. The second-order valence-electron chi connectivity index (χ2n) is 2.23. The topological polar surface area (TPSA) is 84.2 Å². The van der Waals surface area contributed by atoms with E-state index < -0.39 is 6.29 Å². The van der Waals surface area contributed by atoms with Crippen LogP contribution in [0.4, 0.5) is 0 Å². The fourth-order valence-corrected chi connectivity index (χ4v) is 0.808. The van der Waals surface area contributed by atoms with Crippen LogP contribution in [0.15, 0.2) is 0 Å². The van der Waals surface area contributed by atoms with Crippen molar-refractivity contribution in [3.05, 3.63) is 0 Å². The monoisotopic (exact) mass is 165 g/mol. The van der Waals surface area contributed by atoms with Crippen LogP contribution in [0.25, 0.3) is 0 Å². The third-order valence-electron chi connectivity index (χ3n) is 1.25.